The van der Waals surface area contributed by atoms with Crippen LogP contribution in [0.15, 0.2) is 30.3 Å². The molecule has 0 saturated heterocycles. The van der Waals surface area contributed by atoms with Crippen LogP contribution in [0.1, 0.15) is 26.5 Å². The molecule has 1 aromatic heterocycles. The maximum Gasteiger partial charge on any atom is 0.361 e. The Labute approximate surface area is 120 Å². The monoisotopic (exact) mass is 286 g/mol. The topological polar surface area (TPSA) is 86.1 Å². The average molecular weight is 286 g/mol. The van der Waals surface area contributed by atoms with Crippen molar-refractivity contribution >= 4 is 11.9 Å². The summed E-state index contributed by atoms with van der Waals surface area (Å²) in [5.74, 6) is -1.01. The van der Waals surface area contributed by atoms with Crippen LogP contribution in [-0.4, -0.2) is 40.0 Å². The summed E-state index contributed by atoms with van der Waals surface area (Å²) in [5, 5.41) is 10.5. The van der Waals surface area contributed by atoms with Crippen molar-refractivity contribution in [3.05, 3.63) is 47.3 Å². The Morgan fingerprint density at radius 3 is 2.90 bits per heavy atom. The smallest absolute Gasteiger partial charge is 0.361 e. The molecular weight excluding hydrogens is 272 g/mol. The number of methoxy groups -OCH3 is 1. The molecule has 7 heteroatoms. The van der Waals surface area contributed by atoms with E-state index in [1.165, 1.54) is 11.8 Å². The third kappa shape index (κ3) is 2.49. The first kappa shape index (κ1) is 13.3. The summed E-state index contributed by atoms with van der Waals surface area (Å²) < 4.78 is 6.05. The van der Waals surface area contributed by atoms with Gasteiger partial charge in [0.15, 0.2) is 5.69 Å². The first-order valence-electron chi connectivity index (χ1n) is 6.55. The van der Waals surface area contributed by atoms with Crippen molar-refractivity contribution in [3.8, 4) is 0 Å². The average Bonchev–Trinajstić information content (AvgIpc) is 2.92. The Morgan fingerprint density at radius 2 is 2.19 bits per heavy atom. The lowest BCUT2D eigenvalue weighted by atomic mass is 10.0. The molecule has 0 aliphatic carbocycles. The highest BCUT2D eigenvalue weighted by atomic mass is 16.5. The van der Waals surface area contributed by atoms with Crippen LogP contribution in [-0.2, 0) is 17.7 Å². The number of rotatable bonds is 3. The molecule has 21 heavy (non-hydrogen) atoms. The van der Waals surface area contributed by atoms with E-state index in [1.807, 2.05) is 30.3 Å². The Bertz CT molecular complexity index is 681. The van der Waals surface area contributed by atoms with Crippen LogP contribution in [0.5, 0.6) is 0 Å². The molecule has 1 aliphatic rings. The van der Waals surface area contributed by atoms with Crippen molar-refractivity contribution in [1.82, 2.24) is 20.3 Å². The van der Waals surface area contributed by atoms with Gasteiger partial charge in [-0.3, -0.25) is 4.79 Å². The van der Waals surface area contributed by atoms with Crippen LogP contribution in [0.3, 0.4) is 0 Å². The largest absolute Gasteiger partial charge is 0.464 e. The van der Waals surface area contributed by atoms with Crippen LogP contribution >= 0.6 is 0 Å². The third-order valence-electron chi connectivity index (χ3n) is 3.38. The maximum absolute atomic E-state index is 12.2. The van der Waals surface area contributed by atoms with Crippen molar-refractivity contribution in [1.29, 1.82) is 0 Å². The van der Waals surface area contributed by atoms with Gasteiger partial charge in [-0.2, -0.15) is 0 Å². The van der Waals surface area contributed by atoms with Gasteiger partial charge in [0.05, 0.1) is 19.7 Å². The summed E-state index contributed by atoms with van der Waals surface area (Å²) in [5.41, 5.74) is 1.24. The van der Waals surface area contributed by atoms with E-state index in [-0.39, 0.29) is 23.3 Å². The standard InChI is InChI=1S/C14H14N4O3/c1-21-14(20)11-12-13(19)15-10(8-18(12)17-16-11)7-9-5-3-2-4-6-9/h2-6,10H,7-8H2,1H3,(H,15,19). The SMILES string of the molecule is COC(=O)c1nnn2c1C(=O)NC(Cc1ccccc1)C2. The number of aromatic nitrogens is 3. The van der Waals surface area contributed by atoms with E-state index in [4.69, 9.17) is 0 Å². The van der Waals surface area contributed by atoms with Crippen LogP contribution in [0.4, 0.5) is 0 Å². The summed E-state index contributed by atoms with van der Waals surface area (Å²) in [6.45, 7) is 0.472. The molecular formula is C14H14N4O3. The number of amides is 1. The molecule has 7 nitrogen and oxygen atoms in total. The molecule has 0 radical (unpaired) electrons. The minimum atomic E-state index is -0.659. The van der Waals surface area contributed by atoms with E-state index in [9.17, 15) is 9.59 Å². The van der Waals surface area contributed by atoms with E-state index in [1.54, 1.807) is 0 Å². The molecule has 1 atom stereocenters. The quantitative estimate of drug-likeness (QED) is 0.826. The van der Waals surface area contributed by atoms with Crippen molar-refractivity contribution in [2.24, 2.45) is 0 Å². The summed E-state index contributed by atoms with van der Waals surface area (Å²) in [7, 11) is 1.24. The van der Waals surface area contributed by atoms with Crippen LogP contribution in [0, 0.1) is 0 Å². The van der Waals surface area contributed by atoms with E-state index in [0.717, 1.165) is 5.56 Å². The van der Waals surface area contributed by atoms with Crippen LogP contribution < -0.4 is 5.32 Å². The number of fused-ring (bicyclic) bond motifs is 1. The summed E-state index contributed by atoms with van der Waals surface area (Å²) >= 11 is 0. The second kappa shape index (κ2) is 5.35. The zero-order valence-electron chi connectivity index (χ0n) is 11.4. The second-order valence-electron chi connectivity index (χ2n) is 4.82. The predicted molar refractivity (Wildman–Crippen MR) is 72.8 cm³/mol. The Kier molecular flexibility index (Phi) is 3.39. The van der Waals surface area contributed by atoms with Crippen molar-refractivity contribution in [2.45, 2.75) is 19.0 Å². The lowest BCUT2D eigenvalue weighted by molar-refractivity contribution is 0.0588. The highest BCUT2D eigenvalue weighted by molar-refractivity contribution is 6.03. The number of hydrogen-bond donors (Lipinski definition) is 1. The summed E-state index contributed by atoms with van der Waals surface area (Å²) in [6.07, 6.45) is 0.694. The number of nitrogens with zero attached hydrogens (tertiary/aromatic N) is 3. The zero-order chi connectivity index (χ0) is 14.8. The van der Waals surface area contributed by atoms with Gasteiger partial charge in [-0.25, -0.2) is 9.48 Å². The van der Waals surface area contributed by atoms with E-state index in [0.29, 0.717) is 13.0 Å². The van der Waals surface area contributed by atoms with Gasteiger partial charge in [0, 0.05) is 0 Å². The first-order chi connectivity index (χ1) is 10.2. The number of benzene rings is 1. The van der Waals surface area contributed by atoms with E-state index < -0.39 is 5.97 Å². The first-order valence-corrected chi connectivity index (χ1v) is 6.55. The third-order valence-corrected chi connectivity index (χ3v) is 3.38. The lowest BCUT2D eigenvalue weighted by Crippen LogP contribution is -2.46. The molecule has 1 amide bonds. The molecule has 108 valence electrons. The number of hydrogen-bond acceptors (Lipinski definition) is 5. The number of nitrogens with one attached hydrogen (secondary N) is 1. The predicted octanol–water partition coefficient (Wildman–Crippen LogP) is 0.419. The highest BCUT2D eigenvalue weighted by Crippen LogP contribution is 2.15. The minimum Gasteiger partial charge on any atom is -0.464 e. The lowest BCUT2D eigenvalue weighted by Gasteiger charge is -2.24. The molecule has 1 aliphatic heterocycles. The highest BCUT2D eigenvalue weighted by Gasteiger charge is 2.32. The van der Waals surface area contributed by atoms with E-state index >= 15 is 0 Å². The second-order valence-corrected chi connectivity index (χ2v) is 4.82. The van der Waals surface area contributed by atoms with Crippen molar-refractivity contribution in [2.75, 3.05) is 7.11 Å². The minimum absolute atomic E-state index is 0.0480. The van der Waals surface area contributed by atoms with Crippen molar-refractivity contribution < 1.29 is 14.3 Å². The molecule has 0 bridgehead atoms. The van der Waals surface area contributed by atoms with E-state index in [2.05, 4.69) is 20.4 Å². The number of esters is 1. The van der Waals surface area contributed by atoms with Crippen LogP contribution in [0.2, 0.25) is 0 Å². The molecule has 2 heterocycles. The molecule has 3 rings (SSSR count). The fourth-order valence-electron chi connectivity index (χ4n) is 2.42. The van der Waals surface area contributed by atoms with Crippen molar-refractivity contribution in [3.63, 3.8) is 0 Å². The van der Waals surface area contributed by atoms with Gasteiger partial charge in [0.2, 0.25) is 5.69 Å². The van der Waals surface area contributed by atoms with Crippen LogP contribution in [0.25, 0.3) is 0 Å². The van der Waals surface area contributed by atoms with Gasteiger partial charge in [0.1, 0.15) is 0 Å². The Morgan fingerprint density at radius 1 is 1.43 bits per heavy atom. The van der Waals surface area contributed by atoms with Gasteiger partial charge >= 0.3 is 5.97 Å². The number of ether oxygens (including phenoxy) is 1. The molecule has 1 unspecified atom stereocenters. The molecule has 2 aromatic rings. The van der Waals surface area contributed by atoms with Gasteiger partial charge < -0.3 is 10.1 Å². The Hall–Kier alpha value is -2.70. The molecule has 1 N–H and O–H groups in total. The molecule has 0 saturated carbocycles. The molecule has 1 aromatic carbocycles. The summed E-state index contributed by atoms with van der Waals surface area (Å²) in [6, 6.07) is 9.78. The Balaban J connectivity index is 1.82. The zero-order valence-corrected chi connectivity index (χ0v) is 11.4. The summed E-state index contributed by atoms with van der Waals surface area (Å²) in [4.78, 5) is 23.7. The van der Waals surface area contributed by atoms with Gasteiger partial charge in [-0.15, -0.1) is 5.10 Å². The van der Waals surface area contributed by atoms with Gasteiger partial charge in [0.25, 0.3) is 5.91 Å². The molecule has 0 fully saturated rings. The fraction of sp³-hybridized carbons (Fsp3) is 0.286. The van der Waals surface area contributed by atoms with Gasteiger partial charge in [-0.05, 0) is 12.0 Å². The number of carbonyl (C=O) groups excluding carboxylic acids is 2. The molecule has 0 spiro atoms. The normalized spacial score (nSPS) is 17.0. The van der Waals surface area contributed by atoms with Gasteiger partial charge in [-0.1, -0.05) is 35.5 Å². The fourth-order valence-corrected chi connectivity index (χ4v) is 2.42. The number of carbonyl (C=O) groups is 2. The maximum atomic E-state index is 12.2.